The van der Waals surface area contributed by atoms with E-state index in [1.165, 1.54) is 57.8 Å². The molecule has 33 heavy (non-hydrogen) atoms. The van der Waals surface area contributed by atoms with Gasteiger partial charge in [0.1, 0.15) is 0 Å². The van der Waals surface area contributed by atoms with Crippen LogP contribution in [0.4, 0.5) is 0 Å². The van der Waals surface area contributed by atoms with E-state index in [0.717, 1.165) is 37.5 Å². The third-order valence-corrected chi connectivity index (χ3v) is 11.2. The predicted molar refractivity (Wildman–Crippen MR) is 141 cm³/mol. The molecule has 2 heteroatoms. The van der Waals surface area contributed by atoms with Gasteiger partial charge in [-0.25, -0.2) is 0 Å². The summed E-state index contributed by atoms with van der Waals surface area (Å²) in [4.78, 5) is 0. The van der Waals surface area contributed by atoms with Crippen LogP contribution in [0.1, 0.15) is 139 Å². The summed E-state index contributed by atoms with van der Waals surface area (Å²) in [5, 5.41) is 21.1. The maximum atomic E-state index is 11.0. The van der Waals surface area contributed by atoms with Gasteiger partial charge in [-0.1, -0.05) is 78.4 Å². The van der Waals surface area contributed by atoms with Crippen molar-refractivity contribution in [1.82, 2.24) is 0 Å². The van der Waals surface area contributed by atoms with E-state index in [1.807, 2.05) is 19.4 Å². The smallest absolute Gasteiger partial charge is 0.0593 e. The fourth-order valence-electron chi connectivity index (χ4n) is 8.41. The average molecular weight is 461 g/mol. The standard InChI is InChI=1S/C31H56O2/c1-9-10-13-27(32)29(5,6)24-14-15-26-23(21-24)16-19-30(7)25(17-20-31(26,30)8)22(2)12-11-18-28(3,4)33/h22,24-25,27,32-33H,9-21H2,1-8H3/t22-,24-,25-,27+,30-,31+/m1/s1. The number of rotatable bonds is 10. The van der Waals surface area contributed by atoms with E-state index in [0.29, 0.717) is 16.7 Å². The van der Waals surface area contributed by atoms with Crippen molar-refractivity contribution >= 4 is 0 Å². The van der Waals surface area contributed by atoms with Gasteiger partial charge in [-0.15, -0.1) is 0 Å². The lowest BCUT2D eigenvalue weighted by Crippen LogP contribution is -2.46. The number of aliphatic hydroxyl groups is 2. The van der Waals surface area contributed by atoms with Crippen molar-refractivity contribution in [3.63, 3.8) is 0 Å². The van der Waals surface area contributed by atoms with Gasteiger partial charge in [0, 0.05) is 0 Å². The quantitative estimate of drug-likeness (QED) is 0.321. The summed E-state index contributed by atoms with van der Waals surface area (Å²) in [5.74, 6) is 2.17. The molecular formula is C31H56O2. The van der Waals surface area contributed by atoms with Crippen LogP contribution in [0.3, 0.4) is 0 Å². The first kappa shape index (κ1) is 27.3. The van der Waals surface area contributed by atoms with Crippen LogP contribution in [0.2, 0.25) is 0 Å². The Balaban J connectivity index is 1.72. The zero-order chi connectivity index (χ0) is 24.7. The summed E-state index contributed by atoms with van der Waals surface area (Å²) in [6.45, 7) is 18.5. The van der Waals surface area contributed by atoms with Crippen LogP contribution in [0.5, 0.6) is 0 Å². The van der Waals surface area contributed by atoms with Crippen LogP contribution in [-0.4, -0.2) is 21.9 Å². The summed E-state index contributed by atoms with van der Waals surface area (Å²) in [6, 6.07) is 0. The topological polar surface area (TPSA) is 40.5 Å². The first-order valence-electron chi connectivity index (χ1n) is 14.4. The van der Waals surface area contributed by atoms with Crippen molar-refractivity contribution in [3.8, 4) is 0 Å². The van der Waals surface area contributed by atoms with E-state index in [4.69, 9.17) is 0 Å². The van der Waals surface area contributed by atoms with E-state index in [1.54, 1.807) is 5.57 Å². The highest BCUT2D eigenvalue weighted by atomic mass is 16.3. The van der Waals surface area contributed by atoms with E-state index in [9.17, 15) is 10.2 Å². The highest BCUT2D eigenvalue weighted by Crippen LogP contribution is 2.69. The molecule has 192 valence electrons. The summed E-state index contributed by atoms with van der Waals surface area (Å²) < 4.78 is 0. The Labute approximate surface area is 206 Å². The van der Waals surface area contributed by atoms with Crippen molar-refractivity contribution in [2.24, 2.45) is 34.0 Å². The molecule has 3 aliphatic carbocycles. The Morgan fingerprint density at radius 1 is 1.00 bits per heavy atom. The van der Waals surface area contributed by atoms with Crippen molar-refractivity contribution < 1.29 is 10.2 Å². The summed E-state index contributed by atoms with van der Waals surface area (Å²) in [7, 11) is 0. The van der Waals surface area contributed by atoms with Crippen LogP contribution < -0.4 is 0 Å². The van der Waals surface area contributed by atoms with E-state index >= 15 is 0 Å². The molecule has 3 aliphatic rings. The largest absolute Gasteiger partial charge is 0.393 e. The minimum Gasteiger partial charge on any atom is -0.393 e. The molecule has 0 unspecified atom stereocenters. The number of unbranched alkanes of at least 4 members (excludes halogenated alkanes) is 1. The van der Waals surface area contributed by atoms with Gasteiger partial charge in [0.25, 0.3) is 0 Å². The van der Waals surface area contributed by atoms with Crippen LogP contribution >= 0.6 is 0 Å². The minimum absolute atomic E-state index is 0.0164. The second kappa shape index (κ2) is 9.96. The monoisotopic (exact) mass is 460 g/mol. The molecule has 0 heterocycles. The highest BCUT2D eigenvalue weighted by molar-refractivity contribution is 5.33. The predicted octanol–water partition coefficient (Wildman–Crippen LogP) is 8.45. The molecule has 0 aromatic heterocycles. The maximum Gasteiger partial charge on any atom is 0.0593 e. The highest BCUT2D eigenvalue weighted by Gasteiger charge is 2.59. The van der Waals surface area contributed by atoms with Gasteiger partial charge >= 0.3 is 0 Å². The molecule has 0 spiro atoms. The molecule has 1 fully saturated rings. The van der Waals surface area contributed by atoms with Crippen LogP contribution in [-0.2, 0) is 0 Å². The van der Waals surface area contributed by atoms with Gasteiger partial charge in [0.05, 0.1) is 11.7 Å². The van der Waals surface area contributed by atoms with Gasteiger partial charge in [-0.05, 0) is 106 Å². The third kappa shape index (κ3) is 5.28. The zero-order valence-electron chi connectivity index (χ0n) is 23.4. The van der Waals surface area contributed by atoms with Gasteiger partial charge in [-0.3, -0.25) is 0 Å². The molecular weight excluding hydrogens is 404 g/mol. The summed E-state index contributed by atoms with van der Waals surface area (Å²) in [5.41, 5.74) is 3.88. The molecule has 3 rings (SSSR count). The molecule has 6 atom stereocenters. The van der Waals surface area contributed by atoms with Gasteiger partial charge < -0.3 is 10.2 Å². The Kier molecular flexibility index (Phi) is 8.23. The zero-order valence-corrected chi connectivity index (χ0v) is 23.4. The number of aliphatic hydroxyl groups excluding tert-OH is 1. The molecule has 0 saturated heterocycles. The molecule has 0 aromatic carbocycles. The summed E-state index contributed by atoms with van der Waals surface area (Å²) in [6.07, 6.45) is 15.5. The van der Waals surface area contributed by atoms with E-state index < -0.39 is 5.60 Å². The fourth-order valence-corrected chi connectivity index (χ4v) is 8.41. The minimum atomic E-state index is -0.533. The van der Waals surface area contributed by atoms with Gasteiger partial charge in [0.2, 0.25) is 0 Å². The van der Waals surface area contributed by atoms with Crippen LogP contribution in [0.15, 0.2) is 11.1 Å². The lowest BCUT2D eigenvalue weighted by Gasteiger charge is -2.54. The molecule has 1 saturated carbocycles. The second-order valence-corrected chi connectivity index (χ2v) is 14.1. The van der Waals surface area contributed by atoms with Gasteiger partial charge in [0.15, 0.2) is 0 Å². The first-order chi connectivity index (χ1) is 15.3. The normalized spacial score (nSPS) is 34.7. The van der Waals surface area contributed by atoms with Crippen molar-refractivity contribution in [2.75, 3.05) is 0 Å². The molecule has 0 bridgehead atoms. The van der Waals surface area contributed by atoms with E-state index in [2.05, 4.69) is 41.5 Å². The summed E-state index contributed by atoms with van der Waals surface area (Å²) >= 11 is 0. The third-order valence-electron chi connectivity index (χ3n) is 11.2. The van der Waals surface area contributed by atoms with Crippen molar-refractivity contribution in [1.29, 1.82) is 0 Å². The number of hydrogen-bond donors (Lipinski definition) is 2. The number of allylic oxidation sites excluding steroid dienone is 2. The second-order valence-electron chi connectivity index (χ2n) is 14.1. The van der Waals surface area contributed by atoms with Crippen LogP contribution in [0, 0.1) is 34.0 Å². The Morgan fingerprint density at radius 3 is 2.33 bits per heavy atom. The number of hydrogen-bond acceptors (Lipinski definition) is 2. The van der Waals surface area contributed by atoms with Gasteiger partial charge in [-0.2, -0.15) is 0 Å². The Bertz CT molecular complexity index is 698. The molecule has 0 amide bonds. The fraction of sp³-hybridized carbons (Fsp3) is 0.935. The average Bonchev–Trinajstić information content (AvgIpc) is 3.02. The molecule has 2 N–H and O–H groups in total. The molecule has 0 aliphatic heterocycles. The van der Waals surface area contributed by atoms with Crippen molar-refractivity contribution in [2.45, 2.75) is 151 Å². The van der Waals surface area contributed by atoms with E-state index in [-0.39, 0.29) is 11.5 Å². The molecule has 0 radical (unpaired) electrons. The lowest BCUT2D eigenvalue weighted by atomic mass is 9.50. The van der Waals surface area contributed by atoms with Crippen LogP contribution in [0.25, 0.3) is 0 Å². The lowest BCUT2D eigenvalue weighted by molar-refractivity contribution is -0.0130. The Morgan fingerprint density at radius 2 is 1.70 bits per heavy atom. The molecule has 2 nitrogen and oxygen atoms in total. The van der Waals surface area contributed by atoms with Crippen molar-refractivity contribution in [3.05, 3.63) is 11.1 Å². The number of fused-ring (bicyclic) bond motifs is 2. The maximum absolute atomic E-state index is 11.0. The molecule has 0 aromatic rings. The first-order valence-corrected chi connectivity index (χ1v) is 14.4. The Hall–Kier alpha value is -0.340. The SMILES string of the molecule is CCCC[C@H](O)C(C)(C)[C@@H]1CCC2=C(CC[C@]3(C)[C@@H]([C@H](C)CCCC(C)(C)O)CC[C@@]23C)C1.